The molecule has 0 radical (unpaired) electrons. The van der Waals surface area contributed by atoms with E-state index in [4.69, 9.17) is 10.1 Å². The molecule has 1 heterocycles. The second-order valence-electron chi connectivity index (χ2n) is 7.25. The number of dihydropyridines is 1. The highest BCUT2D eigenvalue weighted by molar-refractivity contribution is 9.12. The van der Waals surface area contributed by atoms with Gasteiger partial charge in [-0.25, -0.2) is 13.4 Å². The second kappa shape index (κ2) is 9.20. The van der Waals surface area contributed by atoms with E-state index in [9.17, 15) is 8.42 Å². The molecular formula is C15H27BrN4O3SSi. The van der Waals surface area contributed by atoms with Crippen LogP contribution in [0.1, 0.15) is 6.92 Å². The molecule has 7 nitrogen and oxygen atoms in total. The van der Waals surface area contributed by atoms with Crippen LogP contribution >= 0.6 is 15.9 Å². The average Bonchev–Trinajstić information content (AvgIpc) is 2.43. The number of nitrogens with one attached hydrogen (secondary N) is 2. The highest BCUT2D eigenvalue weighted by atomic mass is 79.9. The summed E-state index contributed by atoms with van der Waals surface area (Å²) in [4.78, 5) is 8.21. The van der Waals surface area contributed by atoms with Gasteiger partial charge in [-0.15, -0.1) is 0 Å². The Balaban J connectivity index is 2.71. The van der Waals surface area contributed by atoms with E-state index in [1.807, 2.05) is 13.0 Å². The molecule has 2 unspecified atom stereocenters. The molecule has 25 heavy (non-hydrogen) atoms. The molecule has 10 heteroatoms. The maximum Gasteiger partial charge on any atom is 0.224 e. The van der Waals surface area contributed by atoms with Crippen molar-refractivity contribution in [2.75, 3.05) is 19.6 Å². The van der Waals surface area contributed by atoms with Crippen LogP contribution in [0.2, 0.25) is 25.7 Å². The third-order valence-electron chi connectivity index (χ3n) is 3.45. The fourth-order valence-corrected chi connectivity index (χ4v) is 3.86. The Bertz CT molecular complexity index is 683. The van der Waals surface area contributed by atoms with Crippen LogP contribution in [-0.4, -0.2) is 59.3 Å². The highest BCUT2D eigenvalue weighted by Crippen LogP contribution is 2.20. The van der Waals surface area contributed by atoms with Gasteiger partial charge in [0, 0.05) is 37.6 Å². The van der Waals surface area contributed by atoms with Crippen LogP contribution in [-0.2, 0) is 14.6 Å². The van der Waals surface area contributed by atoms with Crippen molar-refractivity contribution < 1.29 is 13.2 Å². The summed E-state index contributed by atoms with van der Waals surface area (Å²) >= 11 is 3.33. The van der Waals surface area contributed by atoms with Gasteiger partial charge in [0.25, 0.3) is 0 Å². The Morgan fingerprint density at radius 2 is 2.12 bits per heavy atom. The predicted octanol–water partition coefficient (Wildman–Crippen LogP) is 2.63. The monoisotopic (exact) mass is 450 g/mol. The van der Waals surface area contributed by atoms with Gasteiger partial charge in [0.1, 0.15) is 18.6 Å². The second-order valence-corrected chi connectivity index (χ2v) is 15.7. The zero-order valence-corrected chi connectivity index (χ0v) is 18.7. The maximum absolute atomic E-state index is 11.9. The third-order valence-corrected chi connectivity index (χ3v) is 6.57. The largest absolute Gasteiger partial charge is 0.362 e. The average molecular weight is 451 g/mol. The Morgan fingerprint density at radius 3 is 2.64 bits per heavy atom. The molecule has 0 aromatic rings. The van der Waals surface area contributed by atoms with E-state index in [-0.39, 0.29) is 23.7 Å². The van der Waals surface area contributed by atoms with Gasteiger partial charge in [-0.2, -0.15) is 0 Å². The van der Waals surface area contributed by atoms with Crippen molar-refractivity contribution in [2.24, 2.45) is 15.9 Å². The molecule has 1 rings (SSSR count). The molecule has 0 saturated heterocycles. The Kier molecular flexibility index (Phi) is 8.17. The molecule has 0 aliphatic carbocycles. The van der Waals surface area contributed by atoms with Gasteiger partial charge in [-0.3, -0.25) is 10.4 Å². The number of aliphatic imine (C=N–C) groups is 2. The lowest BCUT2D eigenvalue weighted by Crippen LogP contribution is -2.36. The van der Waals surface area contributed by atoms with E-state index in [0.29, 0.717) is 6.61 Å². The fraction of sp³-hybridized carbons (Fsp3) is 0.667. The van der Waals surface area contributed by atoms with E-state index in [1.54, 1.807) is 6.21 Å². The smallest absolute Gasteiger partial charge is 0.224 e. The molecule has 0 spiro atoms. The summed E-state index contributed by atoms with van der Waals surface area (Å²) in [6.45, 7) is 9.24. The first-order valence-corrected chi connectivity index (χ1v) is 14.4. The Hall–Kier alpha value is -0.843. The van der Waals surface area contributed by atoms with Gasteiger partial charge in [0.05, 0.1) is 0 Å². The lowest BCUT2D eigenvalue weighted by Gasteiger charge is -2.20. The molecular weight excluding hydrogens is 424 g/mol. The molecule has 1 aliphatic heterocycles. The van der Waals surface area contributed by atoms with E-state index in [0.717, 1.165) is 16.8 Å². The van der Waals surface area contributed by atoms with Gasteiger partial charge in [-0.1, -0.05) is 32.6 Å². The Labute approximate surface area is 159 Å². The van der Waals surface area contributed by atoms with E-state index < -0.39 is 24.0 Å². The van der Waals surface area contributed by atoms with Crippen molar-refractivity contribution in [3.05, 3.63) is 10.6 Å². The van der Waals surface area contributed by atoms with E-state index in [1.165, 1.54) is 0 Å². The van der Waals surface area contributed by atoms with Crippen LogP contribution in [0.4, 0.5) is 0 Å². The first kappa shape index (κ1) is 22.2. The van der Waals surface area contributed by atoms with Crippen molar-refractivity contribution in [2.45, 2.75) is 38.7 Å². The minimum absolute atomic E-state index is 0.0403. The topological polar surface area (TPSA) is 104 Å². The molecule has 0 amide bonds. The van der Waals surface area contributed by atoms with Crippen molar-refractivity contribution in [3.8, 4) is 0 Å². The van der Waals surface area contributed by atoms with Crippen LogP contribution in [0.25, 0.3) is 0 Å². The van der Waals surface area contributed by atoms with Gasteiger partial charge < -0.3 is 10.1 Å². The number of nitrogens with zero attached hydrogens (tertiary/aromatic N) is 2. The summed E-state index contributed by atoms with van der Waals surface area (Å²) in [6.07, 6.45) is 4.56. The number of halogens is 1. The molecule has 0 saturated carbocycles. The van der Waals surface area contributed by atoms with Crippen molar-refractivity contribution in [1.29, 1.82) is 5.41 Å². The summed E-state index contributed by atoms with van der Waals surface area (Å²) in [5, 5.41) is 10.5. The Morgan fingerprint density at radius 1 is 1.48 bits per heavy atom. The number of sulfone groups is 1. The summed E-state index contributed by atoms with van der Waals surface area (Å²) in [5.41, 5.74) is 0. The van der Waals surface area contributed by atoms with Gasteiger partial charge in [0.15, 0.2) is 0 Å². The number of allylic oxidation sites excluding steroid dienone is 1. The quantitative estimate of drug-likeness (QED) is 0.213. The molecule has 1 aliphatic rings. The molecule has 0 fully saturated rings. The zero-order valence-electron chi connectivity index (χ0n) is 15.3. The molecule has 142 valence electrons. The van der Waals surface area contributed by atoms with Crippen LogP contribution < -0.4 is 5.32 Å². The first-order valence-electron chi connectivity index (χ1n) is 7.99. The van der Waals surface area contributed by atoms with Crippen LogP contribution in [0, 0.1) is 11.3 Å². The first-order chi connectivity index (χ1) is 11.4. The summed E-state index contributed by atoms with van der Waals surface area (Å²) in [5.74, 6) is -0.153. The van der Waals surface area contributed by atoms with Crippen LogP contribution in [0.5, 0.6) is 0 Å². The van der Waals surface area contributed by atoms with Crippen molar-refractivity contribution >= 4 is 51.1 Å². The lowest BCUT2D eigenvalue weighted by atomic mass is 9.99. The van der Waals surface area contributed by atoms with Crippen LogP contribution in [0.3, 0.4) is 0 Å². The number of rotatable bonds is 6. The number of hydrogen-bond donors (Lipinski definition) is 2. The minimum Gasteiger partial charge on any atom is -0.362 e. The molecule has 2 atom stereocenters. The van der Waals surface area contributed by atoms with Gasteiger partial charge >= 0.3 is 0 Å². The fourth-order valence-electron chi connectivity index (χ4n) is 1.98. The van der Waals surface area contributed by atoms with Crippen molar-refractivity contribution in [3.63, 3.8) is 0 Å². The van der Waals surface area contributed by atoms with Crippen LogP contribution in [0.15, 0.2) is 20.5 Å². The normalized spacial score (nSPS) is 21.8. The molecule has 0 aromatic heterocycles. The molecule has 0 aromatic carbocycles. The lowest BCUT2D eigenvalue weighted by molar-refractivity contribution is 0.142. The van der Waals surface area contributed by atoms with Gasteiger partial charge in [0.2, 0.25) is 15.0 Å². The maximum atomic E-state index is 11.9. The number of amidine groups is 2. The zero-order chi connectivity index (χ0) is 19.3. The summed E-state index contributed by atoms with van der Waals surface area (Å²) < 4.78 is 30.1. The number of hydrogen-bond acceptors (Lipinski definition) is 5. The van der Waals surface area contributed by atoms with Crippen molar-refractivity contribution in [1.82, 2.24) is 5.32 Å². The molecule has 0 bridgehead atoms. The standard InChI is InChI=1S/C15H27BrN4O3SSi/c1-11-8-12(16)9-18-13(11)14(17)20-15(24(2,21)22)19-10-23-6-7-25(3,4)5/h8-9,11,13H,6-7,10H2,1-5H3,(H2,17,19,20). The SMILES string of the molecule is CC1C=C(Br)C=NC1C(=N)/N=C(\NCOCC[Si](C)(C)C)S(C)(=O)=O. The predicted molar refractivity (Wildman–Crippen MR) is 111 cm³/mol. The summed E-state index contributed by atoms with van der Waals surface area (Å²) in [6, 6.07) is 0.485. The highest BCUT2D eigenvalue weighted by Gasteiger charge is 2.24. The van der Waals surface area contributed by atoms with E-state index in [2.05, 4.69) is 50.9 Å². The van der Waals surface area contributed by atoms with E-state index >= 15 is 0 Å². The third kappa shape index (κ3) is 8.39. The minimum atomic E-state index is -3.59. The summed E-state index contributed by atoms with van der Waals surface area (Å²) in [7, 11) is -4.79. The van der Waals surface area contributed by atoms with Gasteiger partial charge in [-0.05, 0) is 22.0 Å². The molecule has 2 N–H and O–H groups in total. The number of ether oxygens (including phenoxy) is 1.